The zero-order chi connectivity index (χ0) is 17.3. The Morgan fingerprint density at radius 1 is 1.48 bits per heavy atom. The van der Waals surface area contributed by atoms with Crippen molar-refractivity contribution in [3.8, 4) is 5.75 Å². The van der Waals surface area contributed by atoms with Gasteiger partial charge in [-0.2, -0.15) is 18.3 Å². The van der Waals surface area contributed by atoms with Crippen molar-refractivity contribution in [1.82, 2.24) is 9.78 Å². The van der Waals surface area contributed by atoms with Gasteiger partial charge in [-0.3, -0.25) is 4.79 Å². The van der Waals surface area contributed by atoms with Crippen molar-refractivity contribution in [2.24, 2.45) is 12.2 Å². The molecule has 1 aromatic heterocycles. The van der Waals surface area contributed by atoms with E-state index in [9.17, 15) is 18.0 Å². The molecule has 10 heteroatoms. The van der Waals surface area contributed by atoms with Crippen molar-refractivity contribution in [3.05, 3.63) is 22.1 Å². The van der Waals surface area contributed by atoms with Crippen LogP contribution in [0.4, 0.5) is 13.2 Å². The van der Waals surface area contributed by atoms with Crippen LogP contribution in [-0.4, -0.2) is 33.2 Å². The van der Waals surface area contributed by atoms with Gasteiger partial charge in [-0.05, 0) is 13.8 Å². The molecule has 0 atom stereocenters. The maximum absolute atomic E-state index is 12.3. The summed E-state index contributed by atoms with van der Waals surface area (Å²) >= 11 is 1.23. The fourth-order valence-electron chi connectivity index (χ4n) is 1.82. The summed E-state index contributed by atoms with van der Waals surface area (Å²) in [6.07, 6.45) is -2.80. The van der Waals surface area contributed by atoms with Crippen LogP contribution < -0.4 is 10.3 Å². The zero-order valence-electron chi connectivity index (χ0n) is 12.8. The highest BCUT2D eigenvalue weighted by molar-refractivity contribution is 8.13. The number of hydrogen-bond donors (Lipinski definition) is 0. The van der Waals surface area contributed by atoms with Crippen molar-refractivity contribution in [2.45, 2.75) is 37.8 Å². The molecule has 6 nitrogen and oxygen atoms in total. The Hall–Kier alpha value is -1.71. The summed E-state index contributed by atoms with van der Waals surface area (Å²) in [6.45, 7) is 2.26. The highest BCUT2D eigenvalue weighted by Crippen LogP contribution is 2.30. The Balaban J connectivity index is 2.13. The number of aromatic nitrogens is 2. The van der Waals surface area contributed by atoms with Crippen molar-refractivity contribution in [2.75, 3.05) is 6.61 Å². The molecule has 1 aliphatic heterocycles. The van der Waals surface area contributed by atoms with E-state index >= 15 is 0 Å². The van der Waals surface area contributed by atoms with Crippen LogP contribution >= 0.6 is 11.8 Å². The fraction of sp³-hybridized carbons (Fsp3) is 0.615. The second-order valence-corrected chi connectivity index (χ2v) is 6.67. The van der Waals surface area contributed by atoms with E-state index in [-0.39, 0.29) is 17.1 Å². The third-order valence-electron chi connectivity index (χ3n) is 2.94. The molecule has 23 heavy (non-hydrogen) atoms. The number of oxime groups is 1. The van der Waals surface area contributed by atoms with Crippen LogP contribution in [0.3, 0.4) is 0 Å². The molecule has 1 aromatic rings. The minimum atomic E-state index is -4.49. The third-order valence-corrected chi connectivity index (χ3v) is 3.93. The predicted octanol–water partition coefficient (Wildman–Crippen LogP) is 2.47. The molecule has 0 aliphatic carbocycles. The Kier molecular flexibility index (Phi) is 4.92. The van der Waals surface area contributed by atoms with Gasteiger partial charge in [0.15, 0.2) is 6.61 Å². The summed E-state index contributed by atoms with van der Waals surface area (Å²) in [4.78, 5) is 17.3. The van der Waals surface area contributed by atoms with E-state index < -0.39 is 23.9 Å². The van der Waals surface area contributed by atoms with E-state index in [4.69, 9.17) is 9.57 Å². The van der Waals surface area contributed by atoms with Crippen LogP contribution in [-0.2, 0) is 17.6 Å². The molecule has 0 amide bonds. The van der Waals surface area contributed by atoms with Gasteiger partial charge in [0.05, 0.1) is 11.8 Å². The molecular formula is C13H16F3N3O3S. The number of alkyl halides is 3. The second-order valence-electron chi connectivity index (χ2n) is 5.62. The third kappa shape index (κ3) is 4.88. The normalized spacial score (nSPS) is 16.9. The number of hydrogen-bond acceptors (Lipinski definition) is 6. The molecular weight excluding hydrogens is 335 g/mol. The molecule has 2 rings (SSSR count). The number of ether oxygens (including phenoxy) is 1. The first kappa shape index (κ1) is 17.6. The summed E-state index contributed by atoms with van der Waals surface area (Å²) < 4.78 is 42.7. The summed E-state index contributed by atoms with van der Waals surface area (Å²) in [6, 6.07) is 0. The number of halogens is 3. The quantitative estimate of drug-likeness (QED) is 0.834. The maximum Gasteiger partial charge on any atom is 0.422 e. The van der Waals surface area contributed by atoms with E-state index in [1.165, 1.54) is 18.8 Å². The van der Waals surface area contributed by atoms with Crippen molar-refractivity contribution < 1.29 is 22.7 Å². The van der Waals surface area contributed by atoms with Gasteiger partial charge in [-0.1, -0.05) is 5.16 Å². The molecule has 0 fully saturated rings. The molecule has 0 spiro atoms. The Morgan fingerprint density at radius 3 is 2.74 bits per heavy atom. The largest absolute Gasteiger partial charge is 0.482 e. The first-order chi connectivity index (χ1) is 10.6. The molecule has 0 aromatic carbocycles. The van der Waals surface area contributed by atoms with Crippen LogP contribution in [0, 0.1) is 0 Å². The number of nitrogens with zero attached hydrogens (tertiary/aromatic N) is 3. The lowest BCUT2D eigenvalue weighted by atomic mass is 10.1. The van der Waals surface area contributed by atoms with E-state index in [1.807, 2.05) is 13.8 Å². The summed E-state index contributed by atoms with van der Waals surface area (Å²) in [5.41, 5.74) is -0.804. The topological polar surface area (TPSA) is 65.7 Å². The monoisotopic (exact) mass is 351 g/mol. The number of aryl methyl sites for hydroxylation is 1. The molecule has 128 valence electrons. The van der Waals surface area contributed by atoms with Crippen LogP contribution in [0.15, 0.2) is 16.1 Å². The minimum Gasteiger partial charge on any atom is -0.482 e. The van der Waals surface area contributed by atoms with Crippen molar-refractivity contribution in [1.29, 1.82) is 0 Å². The molecule has 2 heterocycles. The van der Waals surface area contributed by atoms with E-state index in [2.05, 4.69) is 10.3 Å². The standard InChI is InChI=1S/C13H16F3N3O3S/c1-12(2)4-10(18-22-12)23-6-8-9(21-7-13(14,15)16)5-17-19(3)11(8)20/h5H,4,6-7H2,1-3H3. The Labute approximate surface area is 134 Å². The van der Waals surface area contributed by atoms with Crippen LogP contribution in [0.25, 0.3) is 0 Å². The Morgan fingerprint density at radius 2 is 2.17 bits per heavy atom. The zero-order valence-corrected chi connectivity index (χ0v) is 13.6. The highest BCUT2D eigenvalue weighted by atomic mass is 32.2. The number of rotatable bonds is 4. The predicted molar refractivity (Wildman–Crippen MR) is 79.5 cm³/mol. The van der Waals surface area contributed by atoms with E-state index in [1.54, 1.807) is 0 Å². The van der Waals surface area contributed by atoms with Gasteiger partial charge in [0.25, 0.3) is 5.56 Å². The highest BCUT2D eigenvalue weighted by Gasteiger charge is 2.31. The van der Waals surface area contributed by atoms with Crippen molar-refractivity contribution in [3.63, 3.8) is 0 Å². The summed E-state index contributed by atoms with van der Waals surface area (Å²) in [7, 11) is 1.42. The lowest BCUT2D eigenvalue weighted by Crippen LogP contribution is -2.26. The van der Waals surface area contributed by atoms with Gasteiger partial charge >= 0.3 is 6.18 Å². The molecule has 0 N–H and O–H groups in total. The first-order valence-electron chi connectivity index (χ1n) is 6.70. The molecule has 0 unspecified atom stereocenters. The minimum absolute atomic E-state index is 0.115. The maximum atomic E-state index is 12.3. The second kappa shape index (κ2) is 6.42. The number of thioether (sulfide) groups is 1. The molecule has 0 saturated heterocycles. The SMILES string of the molecule is Cn1ncc(OCC(F)(F)F)c(CSC2=NOC(C)(C)C2)c1=O. The van der Waals surface area contributed by atoms with Gasteiger partial charge in [0.1, 0.15) is 16.4 Å². The summed E-state index contributed by atoms with van der Waals surface area (Å²) in [5.74, 6) is -0.0441. The lowest BCUT2D eigenvalue weighted by Gasteiger charge is -2.14. The molecule has 1 aliphatic rings. The summed E-state index contributed by atoms with van der Waals surface area (Å²) in [5, 5.41) is 8.27. The Bertz CT molecular complexity index is 671. The molecule has 0 saturated carbocycles. The van der Waals surface area contributed by atoms with Crippen LogP contribution in [0.5, 0.6) is 5.75 Å². The van der Waals surface area contributed by atoms with Gasteiger partial charge in [-0.15, -0.1) is 11.8 Å². The average Bonchev–Trinajstić information content (AvgIpc) is 2.77. The van der Waals surface area contributed by atoms with Crippen LogP contribution in [0.1, 0.15) is 25.8 Å². The van der Waals surface area contributed by atoms with Gasteiger partial charge in [0, 0.05) is 19.2 Å². The van der Waals surface area contributed by atoms with Gasteiger partial charge < -0.3 is 9.57 Å². The van der Waals surface area contributed by atoms with Gasteiger partial charge in [0.2, 0.25) is 0 Å². The lowest BCUT2D eigenvalue weighted by molar-refractivity contribution is -0.153. The average molecular weight is 351 g/mol. The van der Waals surface area contributed by atoms with Crippen molar-refractivity contribution >= 4 is 16.8 Å². The smallest absolute Gasteiger partial charge is 0.422 e. The van der Waals surface area contributed by atoms with E-state index in [0.717, 1.165) is 10.9 Å². The molecule has 0 radical (unpaired) electrons. The first-order valence-corrected chi connectivity index (χ1v) is 7.68. The molecule has 0 bridgehead atoms. The van der Waals surface area contributed by atoms with Crippen LogP contribution in [0.2, 0.25) is 0 Å². The fourth-order valence-corrected chi connectivity index (χ4v) is 2.94. The van der Waals surface area contributed by atoms with E-state index in [0.29, 0.717) is 11.5 Å². The van der Waals surface area contributed by atoms with Gasteiger partial charge in [-0.25, -0.2) is 4.68 Å².